The quantitative estimate of drug-likeness (QED) is 0.643. The van der Waals surface area contributed by atoms with Crippen LogP contribution in [0.5, 0.6) is 0 Å². The van der Waals surface area contributed by atoms with Crippen LogP contribution in [0.4, 0.5) is 5.69 Å². The number of rotatable bonds is 2. The summed E-state index contributed by atoms with van der Waals surface area (Å²) >= 11 is 2.51. The average molecular weight is 299 g/mol. The predicted molar refractivity (Wildman–Crippen MR) is 69.8 cm³/mol. The molecule has 1 atom stereocenters. The molecule has 74 valence electrons. The summed E-state index contributed by atoms with van der Waals surface area (Å²) in [7, 11) is 0. The summed E-state index contributed by atoms with van der Waals surface area (Å²) in [6.07, 6.45) is 6.17. The maximum Gasteiger partial charge on any atom is 0.0507 e. The van der Waals surface area contributed by atoms with Crippen LogP contribution in [0.25, 0.3) is 0 Å². The van der Waals surface area contributed by atoms with E-state index in [1.165, 1.54) is 30.6 Å². The molecule has 0 aromatic heterocycles. The zero-order valence-electron chi connectivity index (χ0n) is 8.04. The molecule has 1 aliphatic rings. The number of nitrogens with one attached hydrogen (secondary N) is 1. The van der Waals surface area contributed by atoms with Gasteiger partial charge in [0.1, 0.15) is 0 Å². The zero-order chi connectivity index (χ0) is 9.80. The fourth-order valence-electron chi connectivity index (χ4n) is 1.66. The first-order valence-corrected chi connectivity index (χ1v) is 6.27. The zero-order valence-corrected chi connectivity index (χ0v) is 10.2. The smallest absolute Gasteiger partial charge is 0.0507 e. The summed E-state index contributed by atoms with van der Waals surface area (Å²) in [5, 5.41) is 3.48. The third-order valence-electron chi connectivity index (χ3n) is 2.43. The summed E-state index contributed by atoms with van der Waals surface area (Å²) in [6.45, 7) is 0. The highest BCUT2D eigenvalue weighted by molar-refractivity contribution is 14.1. The number of anilines is 1. The minimum Gasteiger partial charge on any atom is -0.358 e. The second-order valence-corrected chi connectivity index (χ2v) is 5.05. The molecule has 2 rings (SSSR count). The molecule has 1 aliphatic carbocycles. The molecule has 2 heteroatoms. The molecule has 1 N–H and O–H groups in total. The van der Waals surface area contributed by atoms with Gasteiger partial charge in [-0.05, 0) is 31.4 Å². The van der Waals surface area contributed by atoms with E-state index < -0.39 is 0 Å². The Bertz CT molecular complexity index is 318. The van der Waals surface area contributed by atoms with Crippen molar-refractivity contribution in [3.8, 4) is 0 Å². The lowest BCUT2D eigenvalue weighted by Crippen LogP contribution is -2.14. The van der Waals surface area contributed by atoms with Crippen LogP contribution in [0.3, 0.4) is 0 Å². The van der Waals surface area contributed by atoms with Crippen molar-refractivity contribution in [3.63, 3.8) is 0 Å². The number of hydrogen-bond acceptors (Lipinski definition) is 1. The number of halogens is 1. The molecule has 14 heavy (non-hydrogen) atoms. The Morgan fingerprint density at radius 2 is 2.00 bits per heavy atom. The molecule has 1 aromatic carbocycles. The molecular formula is C12H14IN. The van der Waals surface area contributed by atoms with Gasteiger partial charge in [-0.3, -0.25) is 0 Å². The Balaban J connectivity index is 2.07. The number of para-hydroxylation sites is 1. The van der Waals surface area contributed by atoms with E-state index in [4.69, 9.17) is 0 Å². The van der Waals surface area contributed by atoms with Crippen molar-refractivity contribution in [2.75, 3.05) is 5.32 Å². The SMILES string of the molecule is I[C@@H]1CCCC=C1Nc1ccccc1. The van der Waals surface area contributed by atoms with Gasteiger partial charge >= 0.3 is 0 Å². The molecule has 1 aromatic rings. The Hall–Kier alpha value is -0.510. The van der Waals surface area contributed by atoms with E-state index in [-0.39, 0.29) is 0 Å². The molecule has 0 saturated heterocycles. The number of alkyl halides is 1. The highest BCUT2D eigenvalue weighted by atomic mass is 127. The topological polar surface area (TPSA) is 12.0 Å². The first kappa shape index (κ1) is 10.0. The third kappa shape index (κ3) is 2.50. The second kappa shape index (κ2) is 4.82. The van der Waals surface area contributed by atoms with Gasteiger partial charge in [0, 0.05) is 11.4 Å². The molecule has 0 heterocycles. The summed E-state index contributed by atoms with van der Waals surface area (Å²) in [5.74, 6) is 0. The summed E-state index contributed by atoms with van der Waals surface area (Å²) < 4.78 is 0.654. The van der Waals surface area contributed by atoms with Crippen LogP contribution in [0.1, 0.15) is 19.3 Å². The van der Waals surface area contributed by atoms with Gasteiger partial charge in [-0.25, -0.2) is 0 Å². The molecule has 0 amide bonds. The van der Waals surface area contributed by atoms with Gasteiger partial charge in [-0.2, -0.15) is 0 Å². The Labute approximate surface area is 98.7 Å². The average Bonchev–Trinajstić information content (AvgIpc) is 2.23. The summed E-state index contributed by atoms with van der Waals surface area (Å²) in [6, 6.07) is 10.4. The maximum atomic E-state index is 3.48. The Morgan fingerprint density at radius 3 is 2.71 bits per heavy atom. The van der Waals surface area contributed by atoms with Crippen molar-refractivity contribution in [2.45, 2.75) is 23.2 Å². The van der Waals surface area contributed by atoms with Gasteiger partial charge in [-0.15, -0.1) is 0 Å². The van der Waals surface area contributed by atoms with Crippen molar-refractivity contribution in [3.05, 3.63) is 42.1 Å². The van der Waals surface area contributed by atoms with Crippen LogP contribution < -0.4 is 5.32 Å². The first-order valence-electron chi connectivity index (χ1n) is 5.02. The lowest BCUT2D eigenvalue weighted by atomic mass is 10.0. The van der Waals surface area contributed by atoms with Gasteiger partial charge in [0.15, 0.2) is 0 Å². The predicted octanol–water partition coefficient (Wildman–Crippen LogP) is 3.97. The maximum absolute atomic E-state index is 3.48. The van der Waals surface area contributed by atoms with Gasteiger partial charge < -0.3 is 5.32 Å². The van der Waals surface area contributed by atoms with Crippen molar-refractivity contribution in [1.29, 1.82) is 0 Å². The standard InChI is InChI=1S/C12H14IN/c13-11-8-4-5-9-12(11)14-10-6-2-1-3-7-10/h1-3,6-7,9,11,14H,4-5,8H2/t11-/m1/s1. The van der Waals surface area contributed by atoms with Crippen LogP contribution in [-0.2, 0) is 0 Å². The second-order valence-electron chi connectivity index (χ2n) is 3.55. The van der Waals surface area contributed by atoms with E-state index in [0.29, 0.717) is 3.92 Å². The van der Waals surface area contributed by atoms with E-state index >= 15 is 0 Å². The van der Waals surface area contributed by atoms with Gasteiger partial charge in [0.05, 0.1) is 3.92 Å². The largest absolute Gasteiger partial charge is 0.358 e. The van der Waals surface area contributed by atoms with Crippen LogP contribution in [-0.4, -0.2) is 3.92 Å². The minimum absolute atomic E-state index is 0.654. The molecule has 0 fully saturated rings. The van der Waals surface area contributed by atoms with Gasteiger partial charge in [0.25, 0.3) is 0 Å². The Morgan fingerprint density at radius 1 is 1.21 bits per heavy atom. The van der Waals surface area contributed by atoms with E-state index in [1.54, 1.807) is 0 Å². The van der Waals surface area contributed by atoms with E-state index in [1.807, 2.05) is 6.07 Å². The van der Waals surface area contributed by atoms with Crippen LogP contribution >= 0.6 is 22.6 Å². The van der Waals surface area contributed by atoms with Crippen molar-refractivity contribution in [2.24, 2.45) is 0 Å². The molecule has 0 aliphatic heterocycles. The summed E-state index contributed by atoms with van der Waals surface area (Å²) in [5.41, 5.74) is 2.57. The third-order valence-corrected chi connectivity index (χ3v) is 3.72. The molecule has 0 saturated carbocycles. The van der Waals surface area contributed by atoms with Crippen LogP contribution in [0.2, 0.25) is 0 Å². The van der Waals surface area contributed by atoms with Gasteiger partial charge in [-0.1, -0.05) is 46.9 Å². The summed E-state index contributed by atoms with van der Waals surface area (Å²) in [4.78, 5) is 0. The number of benzene rings is 1. The first-order chi connectivity index (χ1) is 6.86. The van der Waals surface area contributed by atoms with E-state index in [9.17, 15) is 0 Å². The van der Waals surface area contributed by atoms with E-state index in [2.05, 4.69) is 58.2 Å². The molecule has 1 nitrogen and oxygen atoms in total. The lowest BCUT2D eigenvalue weighted by Gasteiger charge is -2.20. The normalized spacial score (nSPS) is 21.5. The van der Waals surface area contributed by atoms with E-state index in [0.717, 1.165) is 0 Å². The molecule has 0 unspecified atom stereocenters. The van der Waals surface area contributed by atoms with Gasteiger partial charge in [0.2, 0.25) is 0 Å². The lowest BCUT2D eigenvalue weighted by molar-refractivity contribution is 0.730. The molecule has 0 bridgehead atoms. The molecule has 0 spiro atoms. The van der Waals surface area contributed by atoms with Crippen molar-refractivity contribution in [1.82, 2.24) is 0 Å². The fourth-order valence-corrected chi connectivity index (χ4v) is 2.51. The molecule has 0 radical (unpaired) electrons. The fraction of sp³-hybridized carbons (Fsp3) is 0.333. The van der Waals surface area contributed by atoms with Crippen molar-refractivity contribution < 1.29 is 0 Å². The van der Waals surface area contributed by atoms with Crippen LogP contribution in [0.15, 0.2) is 42.1 Å². The highest BCUT2D eigenvalue weighted by Crippen LogP contribution is 2.26. The number of hydrogen-bond donors (Lipinski definition) is 1. The minimum atomic E-state index is 0.654. The van der Waals surface area contributed by atoms with Crippen LogP contribution in [0, 0.1) is 0 Å². The molecular weight excluding hydrogens is 285 g/mol. The van der Waals surface area contributed by atoms with Crippen molar-refractivity contribution >= 4 is 28.3 Å². The Kier molecular flexibility index (Phi) is 3.45. The number of allylic oxidation sites excluding steroid dienone is 2. The highest BCUT2D eigenvalue weighted by Gasteiger charge is 2.13. The monoisotopic (exact) mass is 299 g/mol.